The van der Waals surface area contributed by atoms with E-state index in [-0.39, 0.29) is 5.91 Å². The van der Waals surface area contributed by atoms with Gasteiger partial charge < -0.3 is 10.6 Å². The Labute approximate surface area is 147 Å². The van der Waals surface area contributed by atoms with Gasteiger partial charge in [0.15, 0.2) is 0 Å². The topological polar surface area (TPSA) is 66.9 Å². The number of nitrogens with one attached hydrogen (secondary N) is 2. The van der Waals surface area contributed by atoms with Crippen LogP contribution in [-0.2, 0) is 6.42 Å². The van der Waals surface area contributed by atoms with Gasteiger partial charge >= 0.3 is 0 Å². The summed E-state index contributed by atoms with van der Waals surface area (Å²) in [6.45, 7) is 0.645. The van der Waals surface area contributed by atoms with Gasteiger partial charge in [0.25, 0.3) is 5.91 Å². The van der Waals surface area contributed by atoms with Crippen LogP contribution in [0, 0.1) is 0 Å². The van der Waals surface area contributed by atoms with Crippen LogP contribution in [0.4, 0.5) is 5.82 Å². The van der Waals surface area contributed by atoms with Crippen LogP contribution >= 0.6 is 0 Å². The van der Waals surface area contributed by atoms with Gasteiger partial charge in [0, 0.05) is 37.5 Å². The number of anilines is 1. The molecule has 0 atom stereocenters. The van der Waals surface area contributed by atoms with Gasteiger partial charge in [0.05, 0.1) is 11.3 Å². The lowest BCUT2D eigenvalue weighted by atomic mass is 10.1. The third kappa shape index (κ3) is 4.20. The second-order valence-corrected chi connectivity index (χ2v) is 5.54. The fraction of sp³-hybridized carbons (Fsp3) is 0.150. The van der Waals surface area contributed by atoms with Crippen molar-refractivity contribution < 1.29 is 4.79 Å². The van der Waals surface area contributed by atoms with Crippen LogP contribution in [0.15, 0.2) is 66.9 Å². The van der Waals surface area contributed by atoms with E-state index >= 15 is 0 Å². The van der Waals surface area contributed by atoms with Crippen molar-refractivity contribution in [1.29, 1.82) is 0 Å². The highest BCUT2D eigenvalue weighted by molar-refractivity contribution is 5.99. The third-order valence-corrected chi connectivity index (χ3v) is 3.84. The van der Waals surface area contributed by atoms with E-state index < -0.39 is 0 Å². The van der Waals surface area contributed by atoms with Crippen molar-refractivity contribution in [3.05, 3.63) is 78.1 Å². The summed E-state index contributed by atoms with van der Waals surface area (Å²) in [7, 11) is 1.62. The number of carbonyl (C=O) groups is 1. The minimum Gasteiger partial charge on any atom is -0.369 e. The predicted octanol–water partition coefficient (Wildman–Crippen LogP) is 3.16. The molecule has 5 heteroatoms. The highest BCUT2D eigenvalue weighted by atomic mass is 16.1. The Bertz CT molecular complexity index is 835. The van der Waals surface area contributed by atoms with Gasteiger partial charge in [-0.15, -0.1) is 0 Å². The minimum atomic E-state index is -0.160. The Balaban J connectivity index is 1.82. The molecule has 5 nitrogen and oxygen atoms in total. The van der Waals surface area contributed by atoms with E-state index in [1.165, 1.54) is 0 Å². The lowest BCUT2D eigenvalue weighted by Crippen LogP contribution is -2.21. The molecular weight excluding hydrogens is 312 g/mol. The summed E-state index contributed by atoms with van der Waals surface area (Å²) in [6, 6.07) is 19.4. The molecule has 0 saturated carbocycles. The Hall–Kier alpha value is -3.21. The van der Waals surface area contributed by atoms with Crippen molar-refractivity contribution in [3.8, 4) is 11.3 Å². The fourth-order valence-electron chi connectivity index (χ4n) is 2.54. The molecule has 0 spiro atoms. The number of aromatic nitrogens is 2. The molecule has 126 valence electrons. The summed E-state index contributed by atoms with van der Waals surface area (Å²) < 4.78 is 0. The van der Waals surface area contributed by atoms with Gasteiger partial charge in [0.1, 0.15) is 5.82 Å². The summed E-state index contributed by atoms with van der Waals surface area (Å²) in [6.07, 6.45) is 2.53. The zero-order valence-corrected chi connectivity index (χ0v) is 14.1. The van der Waals surface area contributed by atoms with Crippen LogP contribution in [0.2, 0.25) is 0 Å². The van der Waals surface area contributed by atoms with Gasteiger partial charge in [0.2, 0.25) is 0 Å². The van der Waals surface area contributed by atoms with Gasteiger partial charge in [-0.2, -0.15) is 0 Å². The molecule has 0 unspecified atom stereocenters. The maximum atomic E-state index is 12.1. The standard InChI is InChI=1S/C20H20N4O/c1-21-20(25)17-10-11-18(15-7-3-2-4-8-15)24-19(17)23-14-12-16-9-5-6-13-22-16/h2-11,13H,12,14H2,1H3,(H,21,25)(H,23,24). The van der Waals surface area contributed by atoms with Crippen molar-refractivity contribution in [2.45, 2.75) is 6.42 Å². The summed E-state index contributed by atoms with van der Waals surface area (Å²) in [5, 5.41) is 5.93. The number of pyridine rings is 2. The molecule has 0 radical (unpaired) electrons. The minimum absolute atomic E-state index is 0.160. The molecule has 2 heterocycles. The predicted molar refractivity (Wildman–Crippen MR) is 99.5 cm³/mol. The average Bonchev–Trinajstić information content (AvgIpc) is 2.69. The van der Waals surface area contributed by atoms with Crippen molar-refractivity contribution in [2.75, 3.05) is 18.9 Å². The normalized spacial score (nSPS) is 10.3. The molecular formula is C20H20N4O. The first-order valence-corrected chi connectivity index (χ1v) is 8.20. The maximum absolute atomic E-state index is 12.1. The molecule has 0 saturated heterocycles. The van der Waals surface area contributed by atoms with Crippen LogP contribution in [0.25, 0.3) is 11.3 Å². The lowest BCUT2D eigenvalue weighted by Gasteiger charge is -2.12. The van der Waals surface area contributed by atoms with Crippen LogP contribution in [0.3, 0.4) is 0 Å². The summed E-state index contributed by atoms with van der Waals surface area (Å²) in [4.78, 5) is 21.1. The Morgan fingerprint density at radius 2 is 1.80 bits per heavy atom. The number of nitrogens with zero attached hydrogens (tertiary/aromatic N) is 2. The van der Waals surface area contributed by atoms with E-state index in [1.807, 2.05) is 54.6 Å². The third-order valence-electron chi connectivity index (χ3n) is 3.84. The molecule has 1 aromatic carbocycles. The van der Waals surface area contributed by atoms with Gasteiger partial charge in [-0.1, -0.05) is 36.4 Å². The number of amides is 1. The van der Waals surface area contributed by atoms with Crippen molar-refractivity contribution in [2.24, 2.45) is 0 Å². The molecule has 25 heavy (non-hydrogen) atoms. The number of benzene rings is 1. The maximum Gasteiger partial charge on any atom is 0.254 e. The molecule has 3 aromatic rings. The quantitative estimate of drug-likeness (QED) is 0.728. The van der Waals surface area contributed by atoms with Gasteiger partial charge in [-0.25, -0.2) is 4.98 Å². The van der Waals surface area contributed by atoms with E-state index in [2.05, 4.69) is 20.6 Å². The largest absolute Gasteiger partial charge is 0.369 e. The zero-order chi connectivity index (χ0) is 17.5. The summed E-state index contributed by atoms with van der Waals surface area (Å²) >= 11 is 0. The van der Waals surface area contributed by atoms with E-state index in [9.17, 15) is 4.79 Å². The zero-order valence-electron chi connectivity index (χ0n) is 14.1. The lowest BCUT2D eigenvalue weighted by molar-refractivity contribution is 0.0963. The van der Waals surface area contributed by atoms with Gasteiger partial charge in [-0.05, 0) is 24.3 Å². The molecule has 0 fully saturated rings. The van der Waals surface area contributed by atoms with E-state index in [1.54, 1.807) is 19.3 Å². The van der Waals surface area contributed by atoms with Crippen LogP contribution < -0.4 is 10.6 Å². The molecule has 0 aliphatic rings. The van der Waals surface area contributed by atoms with Crippen molar-refractivity contribution in [3.63, 3.8) is 0 Å². The van der Waals surface area contributed by atoms with Crippen molar-refractivity contribution >= 4 is 11.7 Å². The molecule has 1 amide bonds. The number of carbonyl (C=O) groups excluding carboxylic acids is 1. The second-order valence-electron chi connectivity index (χ2n) is 5.54. The molecule has 0 aliphatic heterocycles. The SMILES string of the molecule is CNC(=O)c1ccc(-c2ccccc2)nc1NCCc1ccccn1. The molecule has 2 aromatic heterocycles. The summed E-state index contributed by atoms with van der Waals surface area (Å²) in [5.74, 6) is 0.420. The Kier molecular flexibility index (Phi) is 5.36. The van der Waals surface area contributed by atoms with Crippen LogP contribution in [-0.4, -0.2) is 29.5 Å². The Morgan fingerprint density at radius 3 is 2.52 bits per heavy atom. The smallest absolute Gasteiger partial charge is 0.254 e. The Morgan fingerprint density at radius 1 is 1.00 bits per heavy atom. The number of hydrogen-bond donors (Lipinski definition) is 2. The van der Waals surface area contributed by atoms with Crippen LogP contribution in [0.1, 0.15) is 16.1 Å². The van der Waals surface area contributed by atoms with Crippen molar-refractivity contribution in [1.82, 2.24) is 15.3 Å². The monoisotopic (exact) mass is 332 g/mol. The van der Waals surface area contributed by atoms with Crippen LogP contribution in [0.5, 0.6) is 0 Å². The van der Waals surface area contributed by atoms with E-state index in [4.69, 9.17) is 0 Å². The van der Waals surface area contributed by atoms with Gasteiger partial charge in [-0.3, -0.25) is 9.78 Å². The van der Waals surface area contributed by atoms with E-state index in [0.717, 1.165) is 23.4 Å². The number of hydrogen-bond acceptors (Lipinski definition) is 4. The highest BCUT2D eigenvalue weighted by Gasteiger charge is 2.13. The first kappa shape index (κ1) is 16.6. The molecule has 3 rings (SSSR count). The number of rotatable bonds is 6. The summed E-state index contributed by atoms with van der Waals surface area (Å²) in [5.41, 5.74) is 3.37. The molecule has 2 N–H and O–H groups in total. The van der Waals surface area contributed by atoms with E-state index in [0.29, 0.717) is 17.9 Å². The average molecular weight is 332 g/mol. The fourth-order valence-corrected chi connectivity index (χ4v) is 2.54. The second kappa shape index (κ2) is 8.06. The first-order valence-electron chi connectivity index (χ1n) is 8.20. The highest BCUT2D eigenvalue weighted by Crippen LogP contribution is 2.21. The molecule has 0 bridgehead atoms. The molecule has 0 aliphatic carbocycles. The first-order chi connectivity index (χ1) is 12.3.